The van der Waals surface area contributed by atoms with E-state index >= 15 is 0 Å². The number of amides is 1. The van der Waals surface area contributed by atoms with Gasteiger partial charge in [0.2, 0.25) is 10.0 Å². The van der Waals surface area contributed by atoms with Gasteiger partial charge in [-0.05, 0) is 48.9 Å². The molecule has 3 N–H and O–H groups in total. The van der Waals surface area contributed by atoms with Crippen LogP contribution in [0.2, 0.25) is 5.02 Å². The van der Waals surface area contributed by atoms with Crippen molar-refractivity contribution >= 4 is 49.8 Å². The molecule has 1 fully saturated rings. The number of benzene rings is 2. The molecule has 8 nitrogen and oxygen atoms in total. The van der Waals surface area contributed by atoms with E-state index in [2.05, 4.69) is 20.3 Å². The highest BCUT2D eigenvalue weighted by Crippen LogP contribution is 2.35. The Kier molecular flexibility index (Phi) is 8.62. The van der Waals surface area contributed by atoms with Crippen LogP contribution in [0.3, 0.4) is 0 Å². The summed E-state index contributed by atoms with van der Waals surface area (Å²) < 4.78 is 106. The van der Waals surface area contributed by atoms with Gasteiger partial charge in [0.15, 0.2) is 0 Å². The molecule has 2 heterocycles. The molecule has 0 saturated carbocycles. The summed E-state index contributed by atoms with van der Waals surface area (Å²) in [6.07, 6.45) is -8.34. The Labute approximate surface area is 236 Å². The fourth-order valence-electron chi connectivity index (χ4n) is 4.67. The van der Waals surface area contributed by atoms with Crippen molar-refractivity contribution in [2.24, 2.45) is 0 Å². The summed E-state index contributed by atoms with van der Waals surface area (Å²) >= 11 is 6.05. The Morgan fingerprint density at radius 1 is 1.05 bits per heavy atom. The number of likely N-dealkylation sites (tertiary alicyclic amines) is 1. The van der Waals surface area contributed by atoms with E-state index in [0.717, 1.165) is 17.2 Å². The Morgan fingerprint density at radius 2 is 1.76 bits per heavy atom. The average Bonchev–Trinajstić information content (AvgIpc) is 2.81. The van der Waals surface area contributed by atoms with Crippen molar-refractivity contribution in [2.45, 2.75) is 30.9 Å². The molecule has 0 spiro atoms. The first-order chi connectivity index (χ1) is 18.9. The minimum atomic E-state index is -4.78. The fraction of sp³-hybridized carbons (Fsp3) is 0.360. The number of hydrogen-bond acceptors (Lipinski definition) is 6. The van der Waals surface area contributed by atoms with Crippen LogP contribution in [0.15, 0.2) is 48.5 Å². The maximum atomic E-state index is 13.6. The highest BCUT2D eigenvalue weighted by atomic mass is 35.5. The smallest absolute Gasteiger partial charge is 0.380 e. The summed E-state index contributed by atoms with van der Waals surface area (Å²) in [7, 11) is -3.63. The molecule has 0 radical (unpaired) electrons. The van der Waals surface area contributed by atoms with Crippen LogP contribution in [-0.2, 0) is 16.2 Å². The molecule has 3 aromatic rings. The summed E-state index contributed by atoms with van der Waals surface area (Å²) in [5, 5.41) is 6.05. The lowest BCUT2D eigenvalue weighted by molar-refractivity contribution is -0.148. The van der Waals surface area contributed by atoms with Crippen molar-refractivity contribution in [2.75, 3.05) is 35.9 Å². The van der Waals surface area contributed by atoms with E-state index in [9.17, 15) is 39.6 Å². The molecule has 1 saturated heterocycles. The van der Waals surface area contributed by atoms with E-state index in [1.165, 1.54) is 42.5 Å². The number of piperidine rings is 1. The molecule has 222 valence electrons. The third kappa shape index (κ3) is 8.60. The molecular weight excluding hydrogens is 600 g/mol. The number of carbonyl (C=O) groups is 1. The van der Waals surface area contributed by atoms with Gasteiger partial charge in [-0.15, -0.1) is 0 Å². The van der Waals surface area contributed by atoms with E-state index in [0.29, 0.717) is 0 Å². The zero-order chi connectivity index (χ0) is 30.2. The molecule has 0 bridgehead atoms. The quantitative estimate of drug-likeness (QED) is 0.316. The highest BCUT2D eigenvalue weighted by molar-refractivity contribution is 7.92. The molecular formula is C25H24ClF6N5O3S. The van der Waals surface area contributed by atoms with Gasteiger partial charge in [-0.2, -0.15) is 26.3 Å². The Hall–Kier alpha value is -3.30. The van der Waals surface area contributed by atoms with Gasteiger partial charge in [-0.1, -0.05) is 17.7 Å². The minimum absolute atomic E-state index is 0.0119. The van der Waals surface area contributed by atoms with Crippen molar-refractivity contribution in [1.29, 1.82) is 0 Å². The van der Waals surface area contributed by atoms with Crippen LogP contribution in [0.5, 0.6) is 0 Å². The molecule has 1 amide bonds. The number of halogens is 7. The first-order valence-electron chi connectivity index (χ1n) is 12.1. The molecule has 0 aliphatic carbocycles. The van der Waals surface area contributed by atoms with E-state index in [4.69, 9.17) is 11.6 Å². The van der Waals surface area contributed by atoms with E-state index in [-0.39, 0.29) is 52.4 Å². The van der Waals surface area contributed by atoms with Crippen LogP contribution < -0.4 is 15.4 Å². The van der Waals surface area contributed by atoms with Crippen LogP contribution in [0.25, 0.3) is 10.9 Å². The van der Waals surface area contributed by atoms with Gasteiger partial charge in [-0.25, -0.2) is 13.4 Å². The second-order valence-corrected chi connectivity index (χ2v) is 11.9. The van der Waals surface area contributed by atoms with Gasteiger partial charge in [0.05, 0.1) is 18.3 Å². The fourth-order valence-corrected chi connectivity index (χ4v) is 5.40. The number of pyridine rings is 1. The maximum Gasteiger partial charge on any atom is 0.433 e. The summed E-state index contributed by atoms with van der Waals surface area (Å²) in [6, 6.07) is 8.75. The van der Waals surface area contributed by atoms with Crippen LogP contribution in [0.4, 0.5) is 37.7 Å². The second-order valence-electron chi connectivity index (χ2n) is 9.73. The molecule has 1 aliphatic heterocycles. The SMILES string of the molecule is CS(=O)(=O)Nc1cccc(C(=O)N[C@H]2C[C@@H](Nc3cc(C(F)(F)F)nc4ccc(Cl)cc34)CN(CC(F)(F)F)C2)c1. The average molecular weight is 624 g/mol. The number of aromatic nitrogens is 1. The minimum Gasteiger partial charge on any atom is -0.380 e. The number of alkyl halides is 6. The number of nitrogens with one attached hydrogen (secondary N) is 3. The first-order valence-corrected chi connectivity index (χ1v) is 14.3. The number of fused-ring (bicyclic) bond motifs is 1. The normalized spacial score (nSPS) is 18.7. The highest BCUT2D eigenvalue weighted by Gasteiger charge is 2.37. The van der Waals surface area contributed by atoms with Gasteiger partial charge in [0.1, 0.15) is 5.69 Å². The third-order valence-electron chi connectivity index (χ3n) is 6.11. The number of hydrogen-bond donors (Lipinski definition) is 3. The molecule has 1 aliphatic rings. The molecule has 16 heteroatoms. The van der Waals surface area contributed by atoms with Crippen molar-refractivity contribution in [3.8, 4) is 0 Å². The first kappa shape index (κ1) is 30.7. The molecule has 41 heavy (non-hydrogen) atoms. The lowest BCUT2D eigenvalue weighted by Crippen LogP contribution is -2.56. The summed E-state index contributed by atoms with van der Waals surface area (Å²) in [5.74, 6) is -0.666. The predicted molar refractivity (Wildman–Crippen MR) is 142 cm³/mol. The second kappa shape index (κ2) is 11.5. The number of anilines is 2. The van der Waals surface area contributed by atoms with Crippen molar-refractivity contribution in [3.05, 3.63) is 64.8 Å². The summed E-state index contributed by atoms with van der Waals surface area (Å²) in [5.41, 5.74) is -1.05. The third-order valence-corrected chi connectivity index (χ3v) is 6.95. The Bertz CT molecular complexity index is 1550. The summed E-state index contributed by atoms with van der Waals surface area (Å²) in [4.78, 5) is 17.6. The molecule has 2 aromatic carbocycles. The Morgan fingerprint density at radius 3 is 2.41 bits per heavy atom. The van der Waals surface area contributed by atoms with Gasteiger partial charge >= 0.3 is 12.4 Å². The van der Waals surface area contributed by atoms with Crippen LogP contribution in [0.1, 0.15) is 22.5 Å². The van der Waals surface area contributed by atoms with E-state index in [1.807, 2.05) is 0 Å². The largest absolute Gasteiger partial charge is 0.433 e. The van der Waals surface area contributed by atoms with Gasteiger partial charge in [0.25, 0.3) is 5.91 Å². The van der Waals surface area contributed by atoms with Crippen LogP contribution >= 0.6 is 11.6 Å². The Balaban J connectivity index is 1.61. The standard InChI is InChI=1S/C25H24ClF6N5O3S/c1-41(39,40)36-16-4-2-3-14(7-16)23(38)34-18-9-17(11-37(12-18)13-24(27,28)29)33-21-10-22(25(30,31)32)35-20-6-5-15(26)8-19(20)21/h2-8,10,17-18,36H,9,11-13H2,1H3,(H,33,35)(H,34,38)/t17-,18+/m1/s1. The summed E-state index contributed by atoms with van der Waals surface area (Å²) in [6.45, 7) is -1.66. The molecule has 4 rings (SSSR count). The molecule has 1 aromatic heterocycles. The number of carbonyl (C=O) groups excluding carboxylic acids is 1. The topological polar surface area (TPSA) is 103 Å². The van der Waals surface area contributed by atoms with E-state index < -0.39 is 52.6 Å². The monoisotopic (exact) mass is 623 g/mol. The van der Waals surface area contributed by atoms with E-state index in [1.54, 1.807) is 0 Å². The predicted octanol–water partition coefficient (Wildman–Crippen LogP) is 5.13. The zero-order valence-corrected chi connectivity index (χ0v) is 22.8. The van der Waals surface area contributed by atoms with Gasteiger partial charge in [-0.3, -0.25) is 14.4 Å². The van der Waals surface area contributed by atoms with Gasteiger partial charge in [0, 0.05) is 52.5 Å². The lowest BCUT2D eigenvalue weighted by atomic mass is 9.99. The maximum absolute atomic E-state index is 13.6. The lowest BCUT2D eigenvalue weighted by Gasteiger charge is -2.39. The molecule has 2 atom stereocenters. The van der Waals surface area contributed by atoms with Crippen molar-refractivity contribution < 1.29 is 39.6 Å². The van der Waals surface area contributed by atoms with Crippen molar-refractivity contribution in [1.82, 2.24) is 15.2 Å². The van der Waals surface area contributed by atoms with Crippen LogP contribution in [-0.4, -0.2) is 68.4 Å². The number of sulfonamides is 1. The van der Waals surface area contributed by atoms with Gasteiger partial charge < -0.3 is 10.6 Å². The van der Waals surface area contributed by atoms with Crippen molar-refractivity contribution in [3.63, 3.8) is 0 Å². The van der Waals surface area contributed by atoms with Crippen LogP contribution in [0, 0.1) is 0 Å². The number of nitrogens with zero attached hydrogens (tertiary/aromatic N) is 2. The molecule has 0 unspecified atom stereocenters. The number of rotatable bonds is 7. The zero-order valence-electron chi connectivity index (χ0n) is 21.3.